The van der Waals surface area contributed by atoms with Crippen molar-refractivity contribution >= 4 is 122 Å². The molecular formula is C70H118Cl6N14O14. The highest BCUT2D eigenvalue weighted by atomic mass is 35.5. The van der Waals surface area contributed by atoms with Gasteiger partial charge in [-0.25, -0.2) is 0 Å². The van der Waals surface area contributed by atoms with Crippen LogP contribution in [0.15, 0.2) is 12.4 Å². The normalized spacial score (nSPS) is 33.8. The molecule has 0 saturated heterocycles. The third-order valence-electron chi connectivity index (χ3n) is 26.4. The number of unbranched alkanes of at least 4 members (excludes halogenated alkanes) is 1. The number of rotatable bonds is 29. The summed E-state index contributed by atoms with van der Waals surface area (Å²) in [5, 5.41) is 23.4. The first kappa shape index (κ1) is 91.9. The van der Waals surface area contributed by atoms with Crippen LogP contribution >= 0.6 is 74.4 Å². The molecule has 8 aliphatic rings. The van der Waals surface area contributed by atoms with Crippen molar-refractivity contribution in [1.82, 2.24) is 40.6 Å². The zero-order chi connectivity index (χ0) is 70.4. The first-order chi connectivity index (χ1) is 46.8. The topological polar surface area (TPSA) is 434 Å². The molecular weight excluding hydrogens is 1470 g/mol. The lowest BCUT2D eigenvalue weighted by Gasteiger charge is -2.64. The van der Waals surface area contributed by atoms with E-state index in [0.29, 0.717) is 102 Å². The van der Waals surface area contributed by atoms with E-state index in [4.69, 9.17) is 62.8 Å². The molecule has 8 saturated carbocycles. The number of amides is 2. The molecule has 8 fully saturated rings. The molecule has 10 rings (SSSR count). The molecule has 0 aromatic carbocycles. The van der Waals surface area contributed by atoms with Crippen molar-refractivity contribution < 1.29 is 66.8 Å². The molecule has 2 aromatic heterocycles. The number of halogens is 6. The Labute approximate surface area is 648 Å². The standard InChI is InChI=1S/C70H112N14O14.6ClH/c1-39(47-11-13-49-65-51(27-55(69(47,49)5)97-63(91)33-75)67(3)19-17-45(93-59(87)29-71)23-41(67)25-53(65)95-61(89)31-73)9-15-57(85)77-35-43-37-83(81-79-43)21-7-8-22-84-38-44(80-82-84)36-78-58(86)16-10-40(2)48-12-14-50-66-52(28-56(70(48,50)6)98-64(92)34-76)68(4)20-18-46(94-60(88)30-72)24-42(68)26-54(66)96-62(90)32-74;;;;;;/h37-42,45-56,65-66H,7-36,71-76H2,1-6H3,(H,77,85)(H,78,86);6*1H/t39-,40-,41+,42+,45-,46-,47-,48-,49+,50+,51+,52+,53-,54-,55+,56+,65+,66+,67+,68+,69-,70-;;;;;;/m1....../s1. The average Bonchev–Trinajstić information content (AvgIpc) is 1.39. The second-order valence-electron chi connectivity index (χ2n) is 31.3. The summed E-state index contributed by atoms with van der Waals surface area (Å²) in [4.78, 5) is 104. The van der Waals surface area contributed by atoms with Crippen LogP contribution in [0, 0.1) is 92.7 Å². The molecule has 8 aliphatic carbocycles. The van der Waals surface area contributed by atoms with E-state index in [9.17, 15) is 38.4 Å². The number of nitrogens with zero attached hydrogens (tertiary/aromatic N) is 6. The molecule has 594 valence electrons. The van der Waals surface area contributed by atoms with Crippen LogP contribution in [0.2, 0.25) is 0 Å². The van der Waals surface area contributed by atoms with Crippen LogP contribution in [0.4, 0.5) is 0 Å². The van der Waals surface area contributed by atoms with Crippen LogP contribution in [0.25, 0.3) is 0 Å². The largest absolute Gasteiger partial charge is 0.461 e. The van der Waals surface area contributed by atoms with E-state index >= 15 is 0 Å². The van der Waals surface area contributed by atoms with Crippen molar-refractivity contribution in [3.05, 3.63) is 23.8 Å². The van der Waals surface area contributed by atoms with Gasteiger partial charge in [-0.3, -0.25) is 47.7 Å². The Balaban J connectivity index is 0.00000382. The Kier molecular flexibility index (Phi) is 35.2. The summed E-state index contributed by atoms with van der Waals surface area (Å²) in [6.45, 7) is 13.7. The van der Waals surface area contributed by atoms with Gasteiger partial charge >= 0.3 is 35.8 Å². The molecule has 2 amide bonds. The fraction of sp³-hybridized carbons (Fsp3) is 0.829. The number of esters is 6. The van der Waals surface area contributed by atoms with Gasteiger partial charge in [0.1, 0.15) is 48.0 Å². The molecule has 104 heavy (non-hydrogen) atoms. The summed E-state index contributed by atoms with van der Waals surface area (Å²) < 4.78 is 40.3. The Morgan fingerprint density at radius 1 is 0.462 bits per heavy atom. The fourth-order valence-corrected chi connectivity index (χ4v) is 21.5. The first-order valence-corrected chi connectivity index (χ1v) is 36.5. The lowest BCUT2D eigenvalue weighted by Crippen LogP contribution is -2.63. The average molecular weight is 1590 g/mol. The predicted octanol–water partition coefficient (Wildman–Crippen LogP) is 5.93. The van der Waals surface area contributed by atoms with E-state index in [-0.39, 0.29) is 233 Å². The Morgan fingerprint density at radius 2 is 0.798 bits per heavy atom. The smallest absolute Gasteiger partial charge is 0.319 e. The van der Waals surface area contributed by atoms with E-state index in [1.165, 1.54) is 0 Å². The van der Waals surface area contributed by atoms with Gasteiger partial charge in [-0.2, -0.15) is 0 Å². The lowest BCUT2D eigenvalue weighted by molar-refractivity contribution is -0.225. The van der Waals surface area contributed by atoms with Crippen molar-refractivity contribution in [2.24, 2.45) is 127 Å². The quantitative estimate of drug-likeness (QED) is 0.0266. The van der Waals surface area contributed by atoms with Gasteiger partial charge in [0.15, 0.2) is 0 Å². The Hall–Kier alpha value is -4.46. The summed E-state index contributed by atoms with van der Waals surface area (Å²) in [7, 11) is 0. The highest BCUT2D eigenvalue weighted by molar-refractivity contribution is 5.86. The zero-order valence-corrected chi connectivity index (χ0v) is 66.0. The van der Waals surface area contributed by atoms with Crippen LogP contribution in [-0.2, 0) is 93.0 Å². The number of hydrogen-bond acceptors (Lipinski definition) is 24. The van der Waals surface area contributed by atoms with Crippen molar-refractivity contribution in [3.8, 4) is 0 Å². The van der Waals surface area contributed by atoms with E-state index in [1.807, 2.05) is 12.4 Å². The van der Waals surface area contributed by atoms with Gasteiger partial charge in [0.05, 0.1) is 64.8 Å². The summed E-state index contributed by atoms with van der Waals surface area (Å²) in [5.74, 6) is -2.19. The van der Waals surface area contributed by atoms with E-state index in [2.05, 4.69) is 72.8 Å². The van der Waals surface area contributed by atoms with Crippen molar-refractivity contribution in [1.29, 1.82) is 0 Å². The Morgan fingerprint density at radius 3 is 1.14 bits per heavy atom. The third-order valence-corrected chi connectivity index (χ3v) is 26.4. The van der Waals surface area contributed by atoms with Crippen LogP contribution in [0.5, 0.6) is 0 Å². The number of nitrogens with two attached hydrogens (primary N) is 6. The first-order valence-electron chi connectivity index (χ1n) is 36.5. The number of fused-ring (bicyclic) bond motifs is 10. The van der Waals surface area contributed by atoms with Gasteiger partial charge in [-0.15, -0.1) is 84.6 Å². The number of aromatic nitrogens is 6. The van der Waals surface area contributed by atoms with Gasteiger partial charge in [0, 0.05) is 48.6 Å². The van der Waals surface area contributed by atoms with Gasteiger partial charge < -0.3 is 73.5 Å². The van der Waals surface area contributed by atoms with E-state index in [0.717, 1.165) is 51.4 Å². The lowest BCUT2D eigenvalue weighted by atomic mass is 9.43. The molecule has 22 atom stereocenters. The van der Waals surface area contributed by atoms with E-state index in [1.54, 1.807) is 9.36 Å². The summed E-state index contributed by atoms with van der Waals surface area (Å²) in [5.41, 5.74) is 34.6. The second-order valence-corrected chi connectivity index (χ2v) is 31.3. The number of ether oxygens (including phenoxy) is 6. The highest BCUT2D eigenvalue weighted by Crippen LogP contribution is 2.71. The van der Waals surface area contributed by atoms with Gasteiger partial charge in [-0.05, 0) is 186 Å². The maximum atomic E-state index is 13.5. The highest BCUT2D eigenvalue weighted by Gasteiger charge is 2.70. The number of nitrogens with one attached hydrogen (secondary N) is 2. The minimum absolute atomic E-state index is 0. The van der Waals surface area contributed by atoms with Crippen LogP contribution in [0.3, 0.4) is 0 Å². The minimum atomic E-state index is -0.486. The third kappa shape index (κ3) is 19.8. The molecule has 2 heterocycles. The van der Waals surface area contributed by atoms with Crippen molar-refractivity contribution in [3.63, 3.8) is 0 Å². The summed E-state index contributed by atoms with van der Waals surface area (Å²) in [6.07, 6.45) is 14.8. The molecule has 2 aromatic rings. The van der Waals surface area contributed by atoms with Crippen molar-refractivity contribution in [2.45, 2.75) is 233 Å². The molecule has 34 heteroatoms. The zero-order valence-electron chi connectivity index (χ0n) is 61.1. The molecule has 14 N–H and O–H groups in total. The number of carbonyl (C=O) groups is 8. The van der Waals surface area contributed by atoms with Gasteiger partial charge in [0.25, 0.3) is 0 Å². The summed E-state index contributed by atoms with van der Waals surface area (Å²) >= 11 is 0. The van der Waals surface area contributed by atoms with Crippen LogP contribution in [-0.4, -0.2) is 154 Å². The fourth-order valence-electron chi connectivity index (χ4n) is 21.5. The van der Waals surface area contributed by atoms with Gasteiger partial charge in [0.2, 0.25) is 11.8 Å². The molecule has 0 bridgehead atoms. The molecule has 0 unspecified atom stereocenters. The SMILES string of the molecule is C[C@H](CCC(=O)NCc1cn(CCCCn2cc(CNC(=O)CC[C@@H](C)[C@H]3CC[C@H]4[C@@H]5[C@H](OC(=O)CN)C[C@@H]6C[C@H](OC(=O)CN)CC[C@]6(C)[C@H]5C[C@H](OC(=O)CN)[C@]34C)nn2)nn1)[C@H]1CC[C@H]2[C@@H]3[C@H](OC(=O)CN)C[C@@H]4C[C@H](OC(=O)CN)CC[C@]4(C)[C@H]3C[C@H](OC(=O)CN)[C@]12C.Cl.Cl.Cl.Cl.Cl.Cl. The predicted molar refractivity (Wildman–Crippen MR) is 399 cm³/mol. The molecule has 0 aliphatic heterocycles. The van der Waals surface area contributed by atoms with Gasteiger partial charge in [-0.1, -0.05) is 52.0 Å². The number of carbonyl (C=O) groups excluding carboxylic acids is 8. The minimum Gasteiger partial charge on any atom is -0.461 e. The van der Waals surface area contributed by atoms with Crippen molar-refractivity contribution in [2.75, 3.05) is 39.3 Å². The summed E-state index contributed by atoms with van der Waals surface area (Å²) in [6, 6.07) is 0. The molecule has 0 spiro atoms. The number of hydrogen-bond donors (Lipinski definition) is 8. The maximum absolute atomic E-state index is 13.5. The second kappa shape index (κ2) is 39.8. The van der Waals surface area contributed by atoms with E-state index < -0.39 is 71.1 Å². The van der Waals surface area contributed by atoms with Crippen LogP contribution in [0.1, 0.15) is 181 Å². The Bertz CT molecular complexity index is 2980. The van der Waals surface area contributed by atoms with Crippen LogP contribution < -0.4 is 45.0 Å². The molecule has 0 radical (unpaired) electrons. The number of aryl methyl sites for hydroxylation is 2. The maximum Gasteiger partial charge on any atom is 0.319 e. The monoisotopic (exact) mass is 1590 g/mol. The molecule has 28 nitrogen and oxygen atoms in total.